The number of carboxylic acids is 1. The second kappa shape index (κ2) is 14.5. The first-order chi connectivity index (χ1) is 27.2. The normalized spacial score (nSPS) is 25.2. The summed E-state index contributed by atoms with van der Waals surface area (Å²) in [7, 11) is 2.90. The predicted molar refractivity (Wildman–Crippen MR) is 217 cm³/mol. The molecule has 2 heterocycles. The van der Waals surface area contributed by atoms with E-state index in [1.165, 1.54) is 44.6 Å². The number of fused-ring (bicyclic) bond motifs is 4. The van der Waals surface area contributed by atoms with E-state index in [4.69, 9.17) is 32.7 Å². The molecule has 4 aliphatic rings. The summed E-state index contributed by atoms with van der Waals surface area (Å²) in [5.41, 5.74) is 3.12. The van der Waals surface area contributed by atoms with Crippen LogP contribution in [0.2, 0.25) is 10.0 Å². The summed E-state index contributed by atoms with van der Waals surface area (Å²) in [5.74, 6) is -7.73. The number of benzene rings is 4. The number of carbonyl (C=O) groups excluding carboxylic acids is 4. The van der Waals surface area contributed by atoms with Crippen molar-refractivity contribution in [3.63, 3.8) is 0 Å². The Balaban J connectivity index is 1.36. The number of halogens is 4. The Hall–Kier alpha value is -4.89. The number of rotatable bonds is 8. The minimum absolute atomic E-state index is 0.0112. The molecule has 3 N–H and O–H groups in total. The molecule has 292 valence electrons. The highest BCUT2D eigenvalue weighted by Gasteiger charge is 2.70. The molecule has 0 bridgehead atoms. The monoisotopic (exact) mass is 937 g/mol. The first-order valence-electron chi connectivity index (χ1n) is 17.6. The predicted octanol–water partition coefficient (Wildman–Crippen LogP) is 8.13. The quantitative estimate of drug-likeness (QED) is 0.116. The molecule has 0 spiro atoms. The second-order valence-electron chi connectivity index (χ2n) is 14.2. The van der Waals surface area contributed by atoms with Gasteiger partial charge in [0, 0.05) is 15.4 Å². The number of aromatic hydroxyl groups is 1. The first-order valence-corrected chi connectivity index (χ1v) is 20.0. The van der Waals surface area contributed by atoms with Gasteiger partial charge in [-0.1, -0.05) is 53.1 Å². The average Bonchev–Trinajstić information content (AvgIpc) is 3.58. The third-order valence-corrected chi connectivity index (χ3v) is 14.3. The van der Waals surface area contributed by atoms with Gasteiger partial charge in [0.2, 0.25) is 11.8 Å². The van der Waals surface area contributed by atoms with E-state index < -0.39 is 64.6 Å². The zero-order valence-corrected chi connectivity index (χ0v) is 34.6. The van der Waals surface area contributed by atoms with Gasteiger partial charge in [0.15, 0.2) is 11.5 Å². The van der Waals surface area contributed by atoms with E-state index in [1.54, 1.807) is 42.5 Å². The Labute approximate surface area is 352 Å². The van der Waals surface area contributed by atoms with Crippen LogP contribution in [0.1, 0.15) is 40.2 Å². The molecule has 1 saturated carbocycles. The smallest absolute Gasteiger partial charge is 0.335 e. The van der Waals surface area contributed by atoms with E-state index in [2.05, 4.69) is 37.3 Å². The maximum absolute atomic E-state index is 15.6. The molecule has 4 aromatic rings. The number of carbonyl (C=O) groups is 5. The van der Waals surface area contributed by atoms with Crippen molar-refractivity contribution in [2.75, 3.05) is 24.5 Å². The van der Waals surface area contributed by atoms with Crippen LogP contribution in [-0.2, 0) is 24.6 Å². The van der Waals surface area contributed by atoms with Crippen molar-refractivity contribution in [1.29, 1.82) is 0 Å². The highest BCUT2D eigenvalue weighted by molar-refractivity contribution is 9.13. The molecular weight excluding hydrogens is 909 g/mol. The number of imide groups is 2. The number of nitrogens with zero attached hydrogens (tertiary/aromatic N) is 2. The van der Waals surface area contributed by atoms with Crippen LogP contribution in [-0.4, -0.2) is 59.0 Å². The number of hydrogen-bond donors (Lipinski definition) is 3. The van der Waals surface area contributed by atoms with Crippen LogP contribution < -0.4 is 19.8 Å². The van der Waals surface area contributed by atoms with Gasteiger partial charge in [-0.15, -0.1) is 0 Å². The lowest BCUT2D eigenvalue weighted by Gasteiger charge is -2.51. The molecule has 0 radical (unpaired) electrons. The fraction of sp³-hybridized carbons (Fsp3) is 0.244. The fourth-order valence-corrected chi connectivity index (χ4v) is 10.6. The molecule has 4 aromatic carbocycles. The van der Waals surface area contributed by atoms with Gasteiger partial charge in [-0.3, -0.25) is 29.5 Å². The number of ether oxygens (including phenoxy) is 2. The topological polar surface area (TPSA) is 163 Å². The molecule has 2 saturated heterocycles. The lowest BCUT2D eigenvalue weighted by atomic mass is 9.49. The number of phenols is 1. The van der Waals surface area contributed by atoms with Gasteiger partial charge in [0.05, 0.1) is 63.8 Å². The molecule has 4 amide bonds. The van der Waals surface area contributed by atoms with Gasteiger partial charge < -0.3 is 19.7 Å². The van der Waals surface area contributed by atoms with Crippen LogP contribution in [0.4, 0.5) is 11.4 Å². The number of hydrogen-bond acceptors (Lipinski definition) is 9. The molecule has 2 aliphatic carbocycles. The fourth-order valence-electron chi connectivity index (χ4n) is 9.20. The van der Waals surface area contributed by atoms with E-state index in [9.17, 15) is 24.6 Å². The summed E-state index contributed by atoms with van der Waals surface area (Å²) < 4.78 is 11.7. The number of allylic oxidation sites excluding steroid dienone is 2. The summed E-state index contributed by atoms with van der Waals surface area (Å²) in [5, 5.41) is 22.2. The second-order valence-corrected chi connectivity index (χ2v) is 16.7. The third-order valence-electron chi connectivity index (χ3n) is 11.6. The Kier molecular flexibility index (Phi) is 9.90. The van der Waals surface area contributed by atoms with Gasteiger partial charge in [-0.2, -0.15) is 5.01 Å². The number of phenolic OH excluding ortho intramolecular Hbond substituents is 1. The van der Waals surface area contributed by atoms with Gasteiger partial charge in [0.1, 0.15) is 5.75 Å². The van der Waals surface area contributed by atoms with Crippen LogP contribution in [0.25, 0.3) is 0 Å². The molecule has 8 rings (SSSR count). The van der Waals surface area contributed by atoms with Crippen LogP contribution in [0.15, 0.2) is 93.4 Å². The number of anilines is 2. The lowest BCUT2D eigenvalue weighted by Crippen LogP contribution is -2.53. The van der Waals surface area contributed by atoms with Crippen molar-refractivity contribution < 1.29 is 43.7 Å². The summed E-state index contributed by atoms with van der Waals surface area (Å²) in [6.07, 6.45) is 1.99. The average molecular weight is 940 g/mol. The molecule has 6 unspecified atom stereocenters. The highest BCUT2D eigenvalue weighted by Crippen LogP contribution is 2.66. The molecule has 3 fully saturated rings. The Morgan fingerprint density at radius 2 is 1.63 bits per heavy atom. The number of nitrogens with one attached hydrogen (secondary N) is 1. The Bertz CT molecular complexity index is 2460. The minimum atomic E-state index is -1.68. The Morgan fingerprint density at radius 3 is 2.30 bits per heavy atom. The van der Waals surface area contributed by atoms with E-state index in [-0.39, 0.29) is 50.8 Å². The number of amides is 4. The van der Waals surface area contributed by atoms with Gasteiger partial charge in [-0.05, 0) is 116 Å². The third kappa shape index (κ3) is 5.85. The zero-order chi connectivity index (χ0) is 40.7. The van der Waals surface area contributed by atoms with Crippen molar-refractivity contribution in [2.24, 2.45) is 23.7 Å². The van der Waals surface area contributed by atoms with E-state index in [1.807, 2.05) is 6.08 Å². The van der Waals surface area contributed by atoms with Crippen molar-refractivity contribution in [2.45, 2.75) is 24.2 Å². The van der Waals surface area contributed by atoms with Crippen molar-refractivity contribution >= 4 is 96.0 Å². The Morgan fingerprint density at radius 1 is 0.895 bits per heavy atom. The molecule has 6 atom stereocenters. The van der Waals surface area contributed by atoms with Crippen LogP contribution >= 0.6 is 55.1 Å². The molecule has 57 heavy (non-hydrogen) atoms. The number of carboxylic acid groups (broad SMARTS) is 1. The largest absolute Gasteiger partial charge is 0.503 e. The van der Waals surface area contributed by atoms with Crippen molar-refractivity contribution in [3.8, 4) is 17.2 Å². The van der Waals surface area contributed by atoms with E-state index >= 15 is 9.59 Å². The van der Waals surface area contributed by atoms with Gasteiger partial charge in [-0.25, -0.2) is 4.79 Å². The number of aromatic carboxylic acids is 1. The van der Waals surface area contributed by atoms with Gasteiger partial charge >= 0.3 is 5.97 Å². The van der Waals surface area contributed by atoms with Crippen LogP contribution in [0.5, 0.6) is 17.2 Å². The number of methoxy groups -OCH3 is 2. The summed E-state index contributed by atoms with van der Waals surface area (Å²) in [6.45, 7) is 0. The van der Waals surface area contributed by atoms with Crippen molar-refractivity contribution in [3.05, 3.63) is 120 Å². The summed E-state index contributed by atoms with van der Waals surface area (Å²) in [6, 6.07) is 18.7. The number of hydrazine groups is 1. The SMILES string of the molecule is COc1ccc(C23C(=O)N(Nc4ccc(Cl)cc4Cl)C(=O)C2CC2C(=CCC4C(=O)N(c5cccc(C(=O)O)c5)C(=O)C42)C3c2cc(OC)c(O)c(Br)c2Br)cc1. The molecule has 16 heteroatoms. The van der Waals surface area contributed by atoms with Gasteiger partial charge in [0.25, 0.3) is 11.8 Å². The molecule has 12 nitrogen and oxygen atoms in total. The molecule has 2 aliphatic heterocycles. The van der Waals surface area contributed by atoms with Crippen molar-refractivity contribution in [1.82, 2.24) is 5.01 Å². The van der Waals surface area contributed by atoms with Crippen LogP contribution in [0, 0.1) is 23.7 Å². The van der Waals surface area contributed by atoms with E-state index in [0.29, 0.717) is 31.9 Å². The summed E-state index contributed by atoms with van der Waals surface area (Å²) in [4.78, 5) is 72.4. The maximum Gasteiger partial charge on any atom is 0.335 e. The highest BCUT2D eigenvalue weighted by atomic mass is 79.9. The lowest BCUT2D eigenvalue weighted by molar-refractivity contribution is -0.138. The van der Waals surface area contributed by atoms with E-state index in [0.717, 1.165) is 9.91 Å². The minimum Gasteiger partial charge on any atom is -0.503 e. The first kappa shape index (κ1) is 39.0. The molecular formula is C41H31Br2Cl2N3O9. The van der Waals surface area contributed by atoms with Crippen LogP contribution in [0.3, 0.4) is 0 Å². The maximum atomic E-state index is 15.6. The summed E-state index contributed by atoms with van der Waals surface area (Å²) >= 11 is 19.9. The molecule has 0 aromatic heterocycles. The zero-order valence-electron chi connectivity index (χ0n) is 30.0. The standard InChI is InChI=1S/C41H31Br2Cl2N3O9/c1-56-22-9-6-19(7-10-22)41-27(37(51)48(40(41)55)46-29-13-8-20(44)15-28(29)45)16-25-23(32(41)26-17-30(57-2)35(49)34(43)33(26)42)11-12-24-31(25)38(52)47(36(24)50)21-5-3-4-18(14-21)39(53)54/h3-11,13-15,17,24-25,27,31-32,46,49H,12,16H2,1-2H3,(H,53,54).